The van der Waals surface area contributed by atoms with E-state index in [0.717, 1.165) is 10.3 Å². The molecular formula is C70H57N4S3+3. The van der Waals surface area contributed by atoms with Gasteiger partial charge in [-0.15, -0.1) is 34.0 Å². The summed E-state index contributed by atoms with van der Waals surface area (Å²) in [6.07, 6.45) is 6.63. The molecule has 0 unspecified atom stereocenters. The van der Waals surface area contributed by atoms with E-state index >= 15 is 0 Å². The molecule has 0 amide bonds. The average Bonchev–Trinajstić information content (AvgIpc) is 4.18. The normalized spacial score (nSPS) is 11.6. The van der Waals surface area contributed by atoms with E-state index in [0.29, 0.717) is 0 Å². The van der Waals surface area contributed by atoms with Crippen molar-refractivity contribution in [3.63, 3.8) is 0 Å². The van der Waals surface area contributed by atoms with Crippen LogP contribution in [0.25, 0.3) is 127 Å². The summed E-state index contributed by atoms with van der Waals surface area (Å²) < 4.78 is 13.5. The van der Waals surface area contributed by atoms with E-state index in [2.05, 4.69) is 264 Å². The fraction of sp³-hybridized carbons (Fsp3) is 0.114. The highest BCUT2D eigenvalue weighted by Gasteiger charge is 2.25. The first-order valence-corrected chi connectivity index (χ1v) is 28.7. The second-order valence-corrected chi connectivity index (χ2v) is 23.7. The third kappa shape index (κ3) is 8.32. The second kappa shape index (κ2) is 19.4. The molecule has 8 aromatic carbocycles. The Bertz CT molecular complexity index is 4860. The molecule has 0 aliphatic rings. The Hall–Kier alpha value is -8.20. The fourth-order valence-corrected chi connectivity index (χ4v) is 15.7. The molecule has 15 aromatic rings. The van der Waals surface area contributed by atoms with Gasteiger partial charge in [0.15, 0.2) is 18.6 Å². The van der Waals surface area contributed by atoms with Crippen molar-refractivity contribution in [2.45, 2.75) is 34.6 Å². The van der Waals surface area contributed by atoms with Crippen LogP contribution in [-0.2, 0) is 21.1 Å². The summed E-state index contributed by atoms with van der Waals surface area (Å²) in [5.41, 5.74) is 15.5. The standard InChI is InChI=1S/C25H22NS.C23H18NS.C22H17N2S/c1-15-9-11-19(16(2)13-15)24-25-22(17(3)14-26(24)4)23-20-8-6-5-7-18(20)10-12-21(23)27-25;1-15-7-3-5-9-17(15)22-23-19(13-14-24(22)2)21-18-10-6-4-8-16(18)11-12-20(21)25-23;1-14-7-3-5-9-16(14)20-21-17(11-12-24(20)2)18-13-15-8-4-6-10-19(15)23-22(18)25-21/h5-14H,1-4H3;3-14H,1-2H3;3-13H,1-2H3/q3*+1. The molecule has 0 saturated carbocycles. The van der Waals surface area contributed by atoms with Crippen LogP contribution in [0.2, 0.25) is 0 Å². The van der Waals surface area contributed by atoms with Crippen LogP contribution in [0.1, 0.15) is 27.8 Å². The molecule has 0 bridgehead atoms. The molecule has 15 rings (SSSR count). The van der Waals surface area contributed by atoms with Gasteiger partial charge >= 0.3 is 0 Å². The highest BCUT2D eigenvalue weighted by atomic mass is 32.1. The van der Waals surface area contributed by atoms with Crippen molar-refractivity contribution in [1.82, 2.24) is 4.98 Å². The van der Waals surface area contributed by atoms with Gasteiger partial charge in [0.1, 0.15) is 40.1 Å². The molecule has 0 fully saturated rings. The molecule has 372 valence electrons. The minimum absolute atomic E-state index is 1.06. The number of aryl methyl sites for hydroxylation is 8. The number of fused-ring (bicyclic) bond motifs is 14. The van der Waals surface area contributed by atoms with E-state index < -0.39 is 0 Å². The van der Waals surface area contributed by atoms with Gasteiger partial charge in [-0.2, -0.15) is 13.7 Å². The fourth-order valence-electron chi connectivity index (χ4n) is 11.7. The number of rotatable bonds is 3. The van der Waals surface area contributed by atoms with E-state index in [1.165, 1.54) is 144 Å². The number of hydrogen-bond donors (Lipinski definition) is 0. The maximum atomic E-state index is 4.91. The maximum Gasteiger partial charge on any atom is 0.230 e. The Labute approximate surface area is 460 Å². The quantitative estimate of drug-likeness (QED) is 0.162. The highest BCUT2D eigenvalue weighted by molar-refractivity contribution is 7.27. The van der Waals surface area contributed by atoms with Gasteiger partial charge in [-0.1, -0.05) is 133 Å². The molecule has 0 aliphatic heterocycles. The Balaban J connectivity index is 0.000000110. The lowest BCUT2D eigenvalue weighted by Crippen LogP contribution is -2.31. The van der Waals surface area contributed by atoms with Gasteiger partial charge in [0.25, 0.3) is 0 Å². The van der Waals surface area contributed by atoms with Gasteiger partial charge in [-0.3, -0.25) is 0 Å². The van der Waals surface area contributed by atoms with Crippen molar-refractivity contribution in [2.75, 3.05) is 0 Å². The number of benzene rings is 8. The number of nitrogens with zero attached hydrogens (tertiary/aromatic N) is 4. The summed E-state index contributed by atoms with van der Waals surface area (Å²) in [5, 5.41) is 14.6. The zero-order valence-corrected chi connectivity index (χ0v) is 47.0. The number of thiophene rings is 3. The monoisotopic (exact) mass is 1050 g/mol. The molecular weight excluding hydrogens is 993 g/mol. The van der Waals surface area contributed by atoms with E-state index in [9.17, 15) is 0 Å². The Morgan fingerprint density at radius 2 is 0.870 bits per heavy atom. The molecule has 0 atom stereocenters. The van der Waals surface area contributed by atoms with Crippen molar-refractivity contribution in [1.29, 1.82) is 0 Å². The first-order chi connectivity index (χ1) is 37.5. The van der Waals surface area contributed by atoms with E-state index in [4.69, 9.17) is 4.98 Å². The predicted molar refractivity (Wildman–Crippen MR) is 332 cm³/mol. The number of pyridine rings is 4. The second-order valence-electron chi connectivity index (χ2n) is 20.6. The summed E-state index contributed by atoms with van der Waals surface area (Å²) >= 11 is 5.61. The molecule has 0 spiro atoms. The average molecular weight is 1050 g/mol. The first-order valence-electron chi connectivity index (χ1n) is 26.3. The van der Waals surface area contributed by atoms with Crippen LogP contribution in [0.5, 0.6) is 0 Å². The zero-order chi connectivity index (χ0) is 52.6. The van der Waals surface area contributed by atoms with Gasteiger partial charge in [-0.05, 0) is 115 Å². The molecule has 7 heteroatoms. The van der Waals surface area contributed by atoms with Gasteiger partial charge in [0.2, 0.25) is 17.1 Å². The third-order valence-electron chi connectivity index (χ3n) is 15.5. The molecule has 7 aromatic heterocycles. The summed E-state index contributed by atoms with van der Waals surface area (Å²) in [6, 6.07) is 65.6. The number of hydrogen-bond acceptors (Lipinski definition) is 4. The van der Waals surface area contributed by atoms with Crippen molar-refractivity contribution < 1.29 is 13.7 Å². The number of para-hydroxylation sites is 1. The summed E-state index contributed by atoms with van der Waals surface area (Å²) in [7, 11) is 6.43. The minimum atomic E-state index is 1.06. The van der Waals surface area contributed by atoms with Crippen LogP contribution < -0.4 is 13.7 Å². The number of aromatic nitrogens is 4. The van der Waals surface area contributed by atoms with Crippen molar-refractivity contribution in [3.05, 3.63) is 228 Å². The summed E-state index contributed by atoms with van der Waals surface area (Å²) in [5.74, 6) is 0. The molecule has 4 nitrogen and oxygen atoms in total. The van der Waals surface area contributed by atoms with Gasteiger partial charge < -0.3 is 0 Å². The molecule has 77 heavy (non-hydrogen) atoms. The lowest BCUT2D eigenvalue weighted by Gasteiger charge is -2.08. The van der Waals surface area contributed by atoms with Crippen molar-refractivity contribution in [3.8, 4) is 33.8 Å². The Morgan fingerprint density at radius 3 is 1.52 bits per heavy atom. The third-order valence-corrected chi connectivity index (χ3v) is 18.9. The van der Waals surface area contributed by atoms with E-state index in [1.54, 1.807) is 11.3 Å². The maximum absolute atomic E-state index is 4.91. The lowest BCUT2D eigenvalue weighted by atomic mass is 9.98. The summed E-state index contributed by atoms with van der Waals surface area (Å²) in [6.45, 7) is 11.0. The van der Waals surface area contributed by atoms with Gasteiger partial charge in [0, 0.05) is 64.8 Å². The van der Waals surface area contributed by atoms with Crippen molar-refractivity contribution in [2.24, 2.45) is 21.1 Å². The Morgan fingerprint density at radius 1 is 0.351 bits per heavy atom. The zero-order valence-electron chi connectivity index (χ0n) is 44.6. The van der Waals surface area contributed by atoms with Gasteiger partial charge in [-0.25, -0.2) is 4.98 Å². The Kier molecular flexibility index (Phi) is 12.2. The molecule has 0 radical (unpaired) electrons. The molecule has 0 N–H and O–H groups in total. The van der Waals surface area contributed by atoms with Crippen LogP contribution in [0.3, 0.4) is 0 Å². The molecule has 7 heterocycles. The smallest absolute Gasteiger partial charge is 0.230 e. The predicted octanol–water partition coefficient (Wildman–Crippen LogP) is 18.0. The first kappa shape index (κ1) is 48.4. The van der Waals surface area contributed by atoms with E-state index in [1.807, 2.05) is 28.7 Å². The summed E-state index contributed by atoms with van der Waals surface area (Å²) in [4.78, 5) is 6.02. The topological polar surface area (TPSA) is 24.5 Å². The van der Waals surface area contributed by atoms with Crippen LogP contribution in [0.4, 0.5) is 0 Å². The highest BCUT2D eigenvalue weighted by Crippen LogP contribution is 2.45. The van der Waals surface area contributed by atoms with Crippen LogP contribution in [0.15, 0.2) is 201 Å². The van der Waals surface area contributed by atoms with Crippen LogP contribution >= 0.6 is 34.0 Å². The SMILES string of the molecule is Cc1ccc(-c2c3sc4ccc5ccccc5c4c3c(C)c[n+]2C)c(C)c1.Cc1ccccc1-c1c2sc3ccc4ccccc4c3c2cc[n+]1C.Cc1ccccc1-c1c2sc3nc4ccccc4cc3c2cc[n+]1C. The largest absolute Gasteiger partial charge is 0.237 e. The van der Waals surface area contributed by atoms with Crippen LogP contribution in [0, 0.1) is 34.6 Å². The minimum Gasteiger partial charge on any atom is -0.237 e. The van der Waals surface area contributed by atoms with Gasteiger partial charge in [0.05, 0.1) is 22.2 Å². The van der Waals surface area contributed by atoms with Crippen molar-refractivity contribution >= 4 is 127 Å². The lowest BCUT2D eigenvalue weighted by molar-refractivity contribution is -0.659. The van der Waals surface area contributed by atoms with Crippen LogP contribution in [-0.4, -0.2) is 4.98 Å². The molecule has 0 aliphatic carbocycles. The molecule has 0 saturated heterocycles. The van der Waals surface area contributed by atoms with E-state index in [-0.39, 0.29) is 0 Å².